The number of fused-ring (bicyclic) bond motifs is 1. The highest BCUT2D eigenvalue weighted by molar-refractivity contribution is 5.92. The zero-order valence-corrected chi connectivity index (χ0v) is 16.4. The minimum atomic E-state index is -0.432. The summed E-state index contributed by atoms with van der Waals surface area (Å²) in [4.78, 5) is 24.3. The molecule has 0 aromatic heterocycles. The number of ether oxygens (including phenoxy) is 3. The number of amides is 1. The third-order valence-electron chi connectivity index (χ3n) is 4.71. The predicted octanol–water partition coefficient (Wildman–Crippen LogP) is 1.51. The molecule has 0 saturated carbocycles. The third-order valence-corrected chi connectivity index (χ3v) is 4.71. The Morgan fingerprint density at radius 2 is 2.14 bits per heavy atom. The molecule has 0 radical (unpaired) electrons. The van der Waals surface area contributed by atoms with Gasteiger partial charge in [0.2, 0.25) is 0 Å². The van der Waals surface area contributed by atoms with Crippen LogP contribution in [0.5, 0.6) is 11.5 Å². The van der Waals surface area contributed by atoms with Gasteiger partial charge in [0.05, 0.1) is 36.4 Å². The summed E-state index contributed by atoms with van der Waals surface area (Å²) in [6, 6.07) is 10.2. The average molecular weight is 402 g/mol. The highest BCUT2D eigenvalue weighted by atomic mass is 16.7. The number of likely N-dealkylation sites (N-methyl/N-ethyl adjacent to an activating group) is 1. The number of carbonyl (C=O) groups is 1. The summed E-state index contributed by atoms with van der Waals surface area (Å²) in [5.74, 6) is 1.02. The van der Waals surface area contributed by atoms with Gasteiger partial charge in [0.1, 0.15) is 18.0 Å². The van der Waals surface area contributed by atoms with Crippen molar-refractivity contribution in [3.63, 3.8) is 0 Å². The van der Waals surface area contributed by atoms with Gasteiger partial charge in [-0.25, -0.2) is 0 Å². The van der Waals surface area contributed by atoms with E-state index in [-0.39, 0.29) is 31.5 Å². The molecule has 9 nitrogen and oxygen atoms in total. The molecule has 29 heavy (non-hydrogen) atoms. The molecule has 9 heteroatoms. The van der Waals surface area contributed by atoms with Crippen molar-refractivity contribution in [1.82, 2.24) is 0 Å². The smallest absolute Gasteiger partial charge is 0.279 e. The van der Waals surface area contributed by atoms with E-state index in [4.69, 9.17) is 14.2 Å². The number of methoxy groups -OCH3 is 1. The molecule has 1 amide bonds. The van der Waals surface area contributed by atoms with Gasteiger partial charge in [0.15, 0.2) is 13.3 Å². The van der Waals surface area contributed by atoms with Gasteiger partial charge in [-0.2, -0.15) is 0 Å². The maximum absolute atomic E-state index is 12.6. The first-order chi connectivity index (χ1) is 14.0. The molecule has 0 bridgehead atoms. The Morgan fingerprint density at radius 3 is 2.86 bits per heavy atom. The zero-order chi connectivity index (χ0) is 20.8. The van der Waals surface area contributed by atoms with Crippen LogP contribution in [0.3, 0.4) is 0 Å². The van der Waals surface area contributed by atoms with E-state index in [9.17, 15) is 14.9 Å². The Bertz CT molecular complexity index is 902. The van der Waals surface area contributed by atoms with Gasteiger partial charge in [-0.15, -0.1) is 0 Å². The van der Waals surface area contributed by atoms with Crippen LogP contribution in [0.2, 0.25) is 0 Å². The maximum Gasteiger partial charge on any atom is 0.279 e. The molecule has 0 fully saturated rings. The van der Waals surface area contributed by atoms with E-state index in [0.29, 0.717) is 41.4 Å². The number of anilines is 1. The van der Waals surface area contributed by atoms with Crippen molar-refractivity contribution in [1.29, 1.82) is 0 Å². The minimum absolute atomic E-state index is 0.0122. The van der Waals surface area contributed by atoms with Crippen molar-refractivity contribution in [3.8, 4) is 11.5 Å². The van der Waals surface area contributed by atoms with Gasteiger partial charge < -0.3 is 24.4 Å². The normalized spacial score (nSPS) is 13.7. The summed E-state index contributed by atoms with van der Waals surface area (Å²) in [7, 11) is 1.55. The first kappa shape index (κ1) is 20.6. The monoisotopic (exact) mass is 402 g/mol. The van der Waals surface area contributed by atoms with Crippen LogP contribution in [0.4, 0.5) is 11.4 Å². The molecule has 1 unspecified atom stereocenters. The van der Waals surface area contributed by atoms with Gasteiger partial charge in [0.25, 0.3) is 11.6 Å². The lowest BCUT2D eigenvalue weighted by atomic mass is 10.1. The second-order valence-electron chi connectivity index (χ2n) is 6.67. The molecule has 0 saturated heterocycles. The van der Waals surface area contributed by atoms with E-state index in [1.807, 2.05) is 19.1 Å². The van der Waals surface area contributed by atoms with E-state index in [1.165, 1.54) is 12.1 Å². The van der Waals surface area contributed by atoms with Crippen molar-refractivity contribution < 1.29 is 28.8 Å². The van der Waals surface area contributed by atoms with Gasteiger partial charge in [-0.3, -0.25) is 14.9 Å². The van der Waals surface area contributed by atoms with Crippen LogP contribution in [-0.2, 0) is 22.7 Å². The standard InChI is InChI=1S/C20H23N3O6/c1-3-22(11-19(24)21-17-6-4-5-7-18(17)27-2)10-14-8-16(23(25)26)9-15-12-28-13-29-20(14)15/h4-9H,3,10-13H2,1-2H3,(H,21,24)/p+1. The Hall–Kier alpha value is -3.17. The number of para-hydroxylation sites is 2. The summed E-state index contributed by atoms with van der Waals surface area (Å²) in [5, 5.41) is 14.1. The second kappa shape index (κ2) is 9.35. The number of nitro benzene ring substituents is 1. The Labute approximate surface area is 168 Å². The summed E-state index contributed by atoms with van der Waals surface area (Å²) < 4.78 is 16.1. The van der Waals surface area contributed by atoms with Crippen LogP contribution in [0, 0.1) is 10.1 Å². The first-order valence-electron chi connectivity index (χ1n) is 9.29. The van der Waals surface area contributed by atoms with Gasteiger partial charge >= 0.3 is 0 Å². The van der Waals surface area contributed by atoms with Crippen LogP contribution in [0.1, 0.15) is 18.1 Å². The summed E-state index contributed by atoms with van der Waals surface area (Å²) in [5.41, 5.74) is 1.93. The van der Waals surface area contributed by atoms with Gasteiger partial charge in [-0.05, 0) is 19.1 Å². The molecule has 3 rings (SSSR count). The molecule has 0 aliphatic carbocycles. The van der Waals surface area contributed by atoms with Crippen LogP contribution >= 0.6 is 0 Å². The lowest BCUT2D eigenvalue weighted by Crippen LogP contribution is -3.11. The number of hydrogen-bond acceptors (Lipinski definition) is 6. The lowest BCUT2D eigenvalue weighted by Gasteiger charge is -2.23. The van der Waals surface area contributed by atoms with Gasteiger partial charge in [0, 0.05) is 17.7 Å². The Balaban J connectivity index is 1.75. The van der Waals surface area contributed by atoms with Crippen LogP contribution in [0.25, 0.3) is 0 Å². The van der Waals surface area contributed by atoms with Crippen LogP contribution in [0.15, 0.2) is 36.4 Å². The maximum atomic E-state index is 12.6. The highest BCUT2D eigenvalue weighted by Crippen LogP contribution is 2.32. The number of quaternary nitrogens is 1. The van der Waals surface area contributed by atoms with E-state index in [2.05, 4.69) is 5.32 Å². The molecule has 154 valence electrons. The van der Waals surface area contributed by atoms with Crippen LogP contribution < -0.4 is 19.7 Å². The SMILES string of the molecule is CC[NH+](CC(=O)Nc1ccccc1OC)Cc1cc([N+](=O)[O-])cc2c1OCOC2. The molecule has 0 spiro atoms. The molecule has 1 heterocycles. The van der Waals surface area contributed by atoms with Crippen molar-refractivity contribution in [2.45, 2.75) is 20.1 Å². The van der Waals surface area contributed by atoms with E-state index < -0.39 is 4.92 Å². The number of rotatable bonds is 8. The second-order valence-corrected chi connectivity index (χ2v) is 6.67. The molecule has 1 aliphatic rings. The molecule has 2 N–H and O–H groups in total. The molecule has 1 atom stereocenters. The lowest BCUT2D eigenvalue weighted by molar-refractivity contribution is -0.903. The van der Waals surface area contributed by atoms with Crippen LogP contribution in [-0.4, -0.2) is 37.8 Å². The van der Waals surface area contributed by atoms with Crippen molar-refractivity contribution in [2.24, 2.45) is 0 Å². The summed E-state index contributed by atoms with van der Waals surface area (Å²) >= 11 is 0. The van der Waals surface area contributed by atoms with Crippen molar-refractivity contribution in [3.05, 3.63) is 57.6 Å². The fourth-order valence-electron chi connectivity index (χ4n) is 3.27. The number of hydrogen-bond donors (Lipinski definition) is 2. The molecule has 2 aromatic carbocycles. The Kier molecular flexibility index (Phi) is 6.63. The number of nitro groups is 1. The fraction of sp³-hybridized carbons (Fsp3) is 0.350. The number of non-ortho nitro benzene ring substituents is 1. The number of benzene rings is 2. The predicted molar refractivity (Wildman–Crippen MR) is 105 cm³/mol. The topological polar surface area (TPSA) is 104 Å². The molecule has 1 aliphatic heterocycles. The number of carbonyl (C=O) groups excluding carboxylic acids is 1. The first-order valence-corrected chi connectivity index (χ1v) is 9.29. The van der Waals surface area contributed by atoms with Crippen molar-refractivity contribution in [2.75, 3.05) is 32.3 Å². The number of nitrogens with one attached hydrogen (secondary N) is 2. The van der Waals surface area contributed by atoms with E-state index in [0.717, 1.165) is 4.90 Å². The fourth-order valence-corrected chi connectivity index (χ4v) is 3.27. The quantitative estimate of drug-likeness (QED) is 0.512. The van der Waals surface area contributed by atoms with Gasteiger partial charge in [-0.1, -0.05) is 12.1 Å². The summed E-state index contributed by atoms with van der Waals surface area (Å²) in [6.07, 6.45) is 0. The molecule has 2 aromatic rings. The molecular formula is C20H24N3O6+. The largest absolute Gasteiger partial charge is 0.495 e. The highest BCUT2D eigenvalue weighted by Gasteiger charge is 2.24. The minimum Gasteiger partial charge on any atom is -0.495 e. The van der Waals surface area contributed by atoms with E-state index in [1.54, 1.807) is 19.2 Å². The summed E-state index contributed by atoms with van der Waals surface area (Å²) in [6.45, 7) is 3.60. The average Bonchev–Trinajstić information content (AvgIpc) is 2.73. The molecular weight excluding hydrogens is 378 g/mol. The van der Waals surface area contributed by atoms with Crippen molar-refractivity contribution >= 4 is 17.3 Å². The Morgan fingerprint density at radius 1 is 1.34 bits per heavy atom. The zero-order valence-electron chi connectivity index (χ0n) is 16.4. The van der Waals surface area contributed by atoms with E-state index >= 15 is 0 Å². The number of nitrogens with zero attached hydrogens (tertiary/aromatic N) is 1. The third kappa shape index (κ3) is 5.01.